The van der Waals surface area contributed by atoms with E-state index in [9.17, 15) is 4.79 Å². The summed E-state index contributed by atoms with van der Waals surface area (Å²) in [4.78, 5) is 19.3. The SMILES string of the molecule is CC(=O)c1csc(-c2coc(C)n2)n1. The predicted molar refractivity (Wildman–Crippen MR) is 52.4 cm³/mol. The molecule has 0 saturated carbocycles. The maximum absolute atomic E-state index is 11.0. The molecule has 0 aromatic carbocycles. The maximum atomic E-state index is 11.0. The fraction of sp³-hybridized carbons (Fsp3) is 0.222. The number of hydrogen-bond donors (Lipinski definition) is 0. The Morgan fingerprint density at radius 1 is 1.50 bits per heavy atom. The molecular formula is C9H8N2O2S. The summed E-state index contributed by atoms with van der Waals surface area (Å²) >= 11 is 1.39. The van der Waals surface area contributed by atoms with Gasteiger partial charge in [-0.15, -0.1) is 11.3 Å². The number of aryl methyl sites for hydroxylation is 1. The van der Waals surface area contributed by atoms with E-state index in [4.69, 9.17) is 4.42 Å². The van der Waals surface area contributed by atoms with Crippen molar-refractivity contribution in [2.75, 3.05) is 0 Å². The topological polar surface area (TPSA) is 56.0 Å². The zero-order valence-electron chi connectivity index (χ0n) is 7.77. The molecule has 2 aromatic heterocycles. The molecule has 14 heavy (non-hydrogen) atoms. The van der Waals surface area contributed by atoms with Gasteiger partial charge in [-0.3, -0.25) is 4.79 Å². The molecule has 0 bridgehead atoms. The molecule has 0 amide bonds. The van der Waals surface area contributed by atoms with E-state index < -0.39 is 0 Å². The fourth-order valence-electron chi connectivity index (χ4n) is 1.01. The molecule has 0 aliphatic carbocycles. The molecular weight excluding hydrogens is 200 g/mol. The molecule has 0 atom stereocenters. The monoisotopic (exact) mass is 208 g/mol. The molecule has 0 unspecified atom stereocenters. The van der Waals surface area contributed by atoms with Gasteiger partial charge in [0.05, 0.1) is 0 Å². The van der Waals surface area contributed by atoms with Crippen molar-refractivity contribution in [3.05, 3.63) is 23.2 Å². The van der Waals surface area contributed by atoms with E-state index in [-0.39, 0.29) is 5.78 Å². The Balaban J connectivity index is 2.38. The lowest BCUT2D eigenvalue weighted by Gasteiger charge is -1.84. The molecule has 0 radical (unpaired) electrons. The number of oxazole rings is 1. The molecule has 0 fully saturated rings. The Bertz CT molecular complexity index is 473. The third-order valence-electron chi connectivity index (χ3n) is 1.70. The molecule has 0 aliphatic rings. The van der Waals surface area contributed by atoms with Gasteiger partial charge < -0.3 is 4.42 Å². The molecule has 2 aromatic rings. The molecule has 2 rings (SSSR count). The van der Waals surface area contributed by atoms with Crippen molar-refractivity contribution in [2.45, 2.75) is 13.8 Å². The van der Waals surface area contributed by atoms with Gasteiger partial charge in [0.25, 0.3) is 0 Å². The van der Waals surface area contributed by atoms with Crippen LogP contribution in [0.25, 0.3) is 10.7 Å². The first-order chi connectivity index (χ1) is 6.66. The number of ketones is 1. The number of thiazole rings is 1. The maximum Gasteiger partial charge on any atom is 0.191 e. The minimum Gasteiger partial charge on any atom is -0.449 e. The third kappa shape index (κ3) is 1.58. The highest BCUT2D eigenvalue weighted by atomic mass is 32.1. The molecule has 0 spiro atoms. The quantitative estimate of drug-likeness (QED) is 0.710. The molecule has 2 heterocycles. The summed E-state index contributed by atoms with van der Waals surface area (Å²) < 4.78 is 5.06. The Hall–Kier alpha value is -1.49. The largest absolute Gasteiger partial charge is 0.449 e. The Morgan fingerprint density at radius 3 is 2.79 bits per heavy atom. The van der Waals surface area contributed by atoms with Gasteiger partial charge in [-0.1, -0.05) is 0 Å². The van der Waals surface area contributed by atoms with Crippen molar-refractivity contribution >= 4 is 17.1 Å². The number of hydrogen-bond acceptors (Lipinski definition) is 5. The van der Waals surface area contributed by atoms with Crippen LogP contribution in [0.2, 0.25) is 0 Å². The molecule has 5 heteroatoms. The highest BCUT2D eigenvalue weighted by Gasteiger charge is 2.10. The standard InChI is InChI=1S/C9H8N2O2S/c1-5(12)8-4-14-9(11-8)7-3-13-6(2)10-7/h3-4H,1-2H3. The van der Waals surface area contributed by atoms with Crippen LogP contribution >= 0.6 is 11.3 Å². The number of aromatic nitrogens is 2. The Labute approximate surface area is 84.6 Å². The third-order valence-corrected chi connectivity index (χ3v) is 2.57. The van der Waals surface area contributed by atoms with Crippen molar-refractivity contribution in [1.29, 1.82) is 0 Å². The molecule has 0 N–H and O–H groups in total. The lowest BCUT2D eigenvalue weighted by Crippen LogP contribution is -1.91. The van der Waals surface area contributed by atoms with E-state index >= 15 is 0 Å². The summed E-state index contributed by atoms with van der Waals surface area (Å²) in [6, 6.07) is 0. The summed E-state index contributed by atoms with van der Waals surface area (Å²) in [7, 11) is 0. The van der Waals surface area contributed by atoms with Gasteiger partial charge >= 0.3 is 0 Å². The summed E-state index contributed by atoms with van der Waals surface area (Å²) in [5.74, 6) is 0.562. The number of Topliss-reactive ketones (excluding diaryl/α,β-unsaturated/α-hetero) is 1. The second-order valence-corrected chi connectivity index (χ2v) is 3.70. The van der Waals surface area contributed by atoms with Gasteiger partial charge in [0.1, 0.15) is 22.7 Å². The van der Waals surface area contributed by atoms with Gasteiger partial charge in [-0.05, 0) is 0 Å². The molecule has 0 saturated heterocycles. The normalized spacial score (nSPS) is 10.4. The van der Waals surface area contributed by atoms with Crippen LogP contribution in [0.5, 0.6) is 0 Å². The number of carbonyl (C=O) groups excluding carboxylic acids is 1. The first kappa shape index (κ1) is 9.08. The lowest BCUT2D eigenvalue weighted by molar-refractivity contribution is 0.101. The minimum atomic E-state index is -0.0345. The van der Waals surface area contributed by atoms with Crippen LogP contribution in [-0.2, 0) is 0 Å². The summed E-state index contributed by atoms with van der Waals surface area (Å²) in [5, 5.41) is 2.44. The van der Waals surface area contributed by atoms with Crippen LogP contribution in [0.4, 0.5) is 0 Å². The number of nitrogens with zero attached hydrogens (tertiary/aromatic N) is 2. The first-order valence-electron chi connectivity index (χ1n) is 4.06. The van der Waals surface area contributed by atoms with E-state index in [0.717, 1.165) is 0 Å². The zero-order chi connectivity index (χ0) is 10.1. The molecule has 72 valence electrons. The average Bonchev–Trinajstić information content (AvgIpc) is 2.70. The zero-order valence-corrected chi connectivity index (χ0v) is 8.59. The van der Waals surface area contributed by atoms with E-state index in [2.05, 4.69) is 9.97 Å². The summed E-state index contributed by atoms with van der Waals surface area (Å²) in [6.45, 7) is 3.26. The first-order valence-corrected chi connectivity index (χ1v) is 4.94. The van der Waals surface area contributed by atoms with E-state index in [0.29, 0.717) is 22.3 Å². The number of rotatable bonds is 2. The molecule has 0 aliphatic heterocycles. The van der Waals surface area contributed by atoms with Crippen molar-refractivity contribution in [3.8, 4) is 10.7 Å². The van der Waals surface area contributed by atoms with Gasteiger partial charge in [0.2, 0.25) is 0 Å². The number of carbonyl (C=O) groups is 1. The van der Waals surface area contributed by atoms with Crippen LogP contribution in [-0.4, -0.2) is 15.8 Å². The van der Waals surface area contributed by atoms with Crippen LogP contribution in [0.3, 0.4) is 0 Å². The fourth-order valence-corrected chi connectivity index (χ4v) is 1.82. The summed E-state index contributed by atoms with van der Waals surface area (Å²) in [6.07, 6.45) is 1.54. The van der Waals surface area contributed by atoms with Crippen LogP contribution in [0, 0.1) is 6.92 Å². The van der Waals surface area contributed by atoms with Crippen molar-refractivity contribution in [2.24, 2.45) is 0 Å². The van der Waals surface area contributed by atoms with E-state index in [1.165, 1.54) is 24.5 Å². The molecule has 4 nitrogen and oxygen atoms in total. The predicted octanol–water partition coefficient (Wildman–Crippen LogP) is 2.31. The Kier molecular flexibility index (Phi) is 2.17. The van der Waals surface area contributed by atoms with Crippen molar-refractivity contribution in [3.63, 3.8) is 0 Å². The van der Waals surface area contributed by atoms with Crippen molar-refractivity contribution in [1.82, 2.24) is 9.97 Å². The van der Waals surface area contributed by atoms with Crippen LogP contribution < -0.4 is 0 Å². The van der Waals surface area contributed by atoms with E-state index in [1.54, 1.807) is 12.3 Å². The van der Waals surface area contributed by atoms with Gasteiger partial charge in [-0.25, -0.2) is 9.97 Å². The van der Waals surface area contributed by atoms with Gasteiger partial charge in [-0.2, -0.15) is 0 Å². The van der Waals surface area contributed by atoms with E-state index in [1.807, 2.05) is 0 Å². The smallest absolute Gasteiger partial charge is 0.191 e. The Morgan fingerprint density at radius 2 is 2.29 bits per heavy atom. The van der Waals surface area contributed by atoms with Gasteiger partial charge in [0.15, 0.2) is 11.7 Å². The highest BCUT2D eigenvalue weighted by Crippen LogP contribution is 2.22. The second kappa shape index (κ2) is 3.34. The lowest BCUT2D eigenvalue weighted by atomic mass is 10.3. The minimum absolute atomic E-state index is 0.0345. The highest BCUT2D eigenvalue weighted by molar-refractivity contribution is 7.13. The van der Waals surface area contributed by atoms with Gasteiger partial charge in [0, 0.05) is 19.2 Å². The summed E-state index contributed by atoms with van der Waals surface area (Å²) in [5.41, 5.74) is 1.16. The second-order valence-electron chi connectivity index (χ2n) is 2.85. The average molecular weight is 208 g/mol. The van der Waals surface area contributed by atoms with Crippen LogP contribution in [0.1, 0.15) is 23.3 Å². The van der Waals surface area contributed by atoms with Crippen molar-refractivity contribution < 1.29 is 9.21 Å². The van der Waals surface area contributed by atoms with Crippen LogP contribution in [0.15, 0.2) is 16.1 Å².